The van der Waals surface area contributed by atoms with Gasteiger partial charge in [-0.05, 0) is 31.5 Å². The van der Waals surface area contributed by atoms with Crippen LogP contribution in [-0.2, 0) is 0 Å². The predicted molar refractivity (Wildman–Crippen MR) is 57.6 cm³/mol. The second-order valence-corrected chi connectivity index (χ2v) is 3.27. The van der Waals surface area contributed by atoms with E-state index in [1.54, 1.807) is 6.20 Å². The van der Waals surface area contributed by atoms with Gasteiger partial charge in [0.25, 0.3) is 0 Å². The normalized spacial score (nSPS) is 10.1. The molecule has 3 nitrogen and oxygen atoms in total. The molecule has 0 aliphatic carbocycles. The van der Waals surface area contributed by atoms with Crippen LogP contribution in [0.4, 0.5) is 0 Å². The number of rotatable bonds is 6. The molecule has 1 rings (SSSR count). The molecule has 0 atom stereocenters. The first kappa shape index (κ1) is 11.0. The molecule has 0 saturated carbocycles. The van der Waals surface area contributed by atoms with Crippen molar-refractivity contribution >= 4 is 0 Å². The fourth-order valence-corrected chi connectivity index (χ4v) is 1.12. The van der Waals surface area contributed by atoms with Crippen LogP contribution in [0.15, 0.2) is 18.3 Å². The molecule has 0 spiro atoms. The van der Waals surface area contributed by atoms with Crippen molar-refractivity contribution in [1.29, 1.82) is 0 Å². The standard InChI is InChI=1S/C11H18N2O/c1-3-5-12-7-8-14-11-9-10(2)4-6-13-11/h4,6,9,12H,3,5,7-8H2,1-2H3. The zero-order valence-electron chi connectivity index (χ0n) is 8.92. The Morgan fingerprint density at radius 2 is 2.29 bits per heavy atom. The lowest BCUT2D eigenvalue weighted by Gasteiger charge is -2.06. The average Bonchev–Trinajstić information content (AvgIpc) is 2.18. The van der Waals surface area contributed by atoms with Crippen LogP contribution in [0.25, 0.3) is 0 Å². The van der Waals surface area contributed by atoms with Gasteiger partial charge in [-0.25, -0.2) is 4.98 Å². The summed E-state index contributed by atoms with van der Waals surface area (Å²) in [5.74, 6) is 0.711. The van der Waals surface area contributed by atoms with Crippen molar-refractivity contribution in [3.8, 4) is 5.88 Å². The van der Waals surface area contributed by atoms with Gasteiger partial charge in [0.2, 0.25) is 5.88 Å². The maximum Gasteiger partial charge on any atom is 0.213 e. The van der Waals surface area contributed by atoms with Crippen LogP contribution in [-0.4, -0.2) is 24.7 Å². The van der Waals surface area contributed by atoms with Crippen molar-refractivity contribution in [2.24, 2.45) is 0 Å². The highest BCUT2D eigenvalue weighted by Crippen LogP contribution is 2.07. The van der Waals surface area contributed by atoms with Gasteiger partial charge >= 0.3 is 0 Å². The van der Waals surface area contributed by atoms with E-state index in [1.807, 2.05) is 19.1 Å². The molecule has 0 aromatic carbocycles. The highest BCUT2D eigenvalue weighted by atomic mass is 16.5. The Hall–Kier alpha value is -1.09. The van der Waals surface area contributed by atoms with E-state index in [-0.39, 0.29) is 0 Å². The predicted octanol–water partition coefficient (Wildman–Crippen LogP) is 1.77. The molecule has 0 radical (unpaired) electrons. The Kier molecular flexibility index (Phi) is 5.00. The van der Waals surface area contributed by atoms with Crippen molar-refractivity contribution in [2.45, 2.75) is 20.3 Å². The smallest absolute Gasteiger partial charge is 0.213 e. The van der Waals surface area contributed by atoms with E-state index in [4.69, 9.17) is 4.74 Å². The Bertz CT molecular complexity index is 263. The van der Waals surface area contributed by atoms with E-state index < -0.39 is 0 Å². The molecule has 0 amide bonds. The van der Waals surface area contributed by atoms with Gasteiger partial charge in [-0.3, -0.25) is 0 Å². The van der Waals surface area contributed by atoms with Crippen LogP contribution in [0.1, 0.15) is 18.9 Å². The number of aryl methyl sites for hydroxylation is 1. The van der Waals surface area contributed by atoms with Gasteiger partial charge in [0, 0.05) is 18.8 Å². The molecule has 1 aromatic rings. The number of aromatic nitrogens is 1. The Labute approximate surface area is 85.5 Å². The first-order valence-electron chi connectivity index (χ1n) is 5.09. The summed E-state index contributed by atoms with van der Waals surface area (Å²) >= 11 is 0. The lowest BCUT2D eigenvalue weighted by Crippen LogP contribution is -2.21. The van der Waals surface area contributed by atoms with Gasteiger partial charge in [-0.1, -0.05) is 6.92 Å². The van der Waals surface area contributed by atoms with E-state index >= 15 is 0 Å². The van der Waals surface area contributed by atoms with Gasteiger partial charge in [0.1, 0.15) is 6.61 Å². The van der Waals surface area contributed by atoms with Crippen molar-refractivity contribution < 1.29 is 4.74 Å². The van der Waals surface area contributed by atoms with Crippen molar-refractivity contribution in [3.05, 3.63) is 23.9 Å². The van der Waals surface area contributed by atoms with E-state index in [0.717, 1.165) is 19.5 Å². The molecule has 1 aromatic heterocycles. The van der Waals surface area contributed by atoms with E-state index in [2.05, 4.69) is 17.2 Å². The van der Waals surface area contributed by atoms with Crippen LogP contribution in [0.5, 0.6) is 5.88 Å². The van der Waals surface area contributed by atoms with Gasteiger partial charge in [-0.15, -0.1) is 0 Å². The summed E-state index contributed by atoms with van der Waals surface area (Å²) in [6.45, 7) is 6.78. The lowest BCUT2D eigenvalue weighted by molar-refractivity contribution is 0.302. The molecule has 78 valence electrons. The molecule has 14 heavy (non-hydrogen) atoms. The van der Waals surface area contributed by atoms with Crippen molar-refractivity contribution in [1.82, 2.24) is 10.3 Å². The molecule has 0 bridgehead atoms. The van der Waals surface area contributed by atoms with Crippen LogP contribution in [0, 0.1) is 6.92 Å². The minimum atomic E-state index is 0.677. The van der Waals surface area contributed by atoms with Gasteiger partial charge in [0.15, 0.2) is 0 Å². The lowest BCUT2D eigenvalue weighted by atomic mass is 10.3. The third kappa shape index (κ3) is 4.23. The minimum Gasteiger partial charge on any atom is -0.476 e. The highest BCUT2D eigenvalue weighted by Gasteiger charge is 1.94. The molecule has 0 aliphatic heterocycles. The molecule has 0 unspecified atom stereocenters. The number of hydrogen-bond acceptors (Lipinski definition) is 3. The maximum absolute atomic E-state index is 5.46. The SMILES string of the molecule is CCCNCCOc1cc(C)ccn1. The quantitative estimate of drug-likeness (QED) is 0.701. The largest absolute Gasteiger partial charge is 0.476 e. The van der Waals surface area contributed by atoms with Crippen LogP contribution >= 0.6 is 0 Å². The number of nitrogens with zero attached hydrogens (tertiary/aromatic N) is 1. The summed E-state index contributed by atoms with van der Waals surface area (Å²) in [5.41, 5.74) is 1.18. The monoisotopic (exact) mass is 194 g/mol. The number of hydrogen-bond donors (Lipinski definition) is 1. The second kappa shape index (κ2) is 6.38. The van der Waals surface area contributed by atoms with Crippen molar-refractivity contribution in [2.75, 3.05) is 19.7 Å². The van der Waals surface area contributed by atoms with Gasteiger partial charge < -0.3 is 10.1 Å². The summed E-state index contributed by atoms with van der Waals surface area (Å²) in [7, 11) is 0. The maximum atomic E-state index is 5.46. The number of ether oxygens (including phenoxy) is 1. The summed E-state index contributed by atoms with van der Waals surface area (Å²) in [6.07, 6.45) is 2.92. The van der Waals surface area contributed by atoms with Crippen LogP contribution in [0.2, 0.25) is 0 Å². The molecule has 3 heteroatoms. The van der Waals surface area contributed by atoms with Crippen molar-refractivity contribution in [3.63, 3.8) is 0 Å². The summed E-state index contributed by atoms with van der Waals surface area (Å²) in [5, 5.41) is 3.27. The Balaban J connectivity index is 2.18. The zero-order chi connectivity index (χ0) is 10.2. The first-order chi connectivity index (χ1) is 6.83. The summed E-state index contributed by atoms with van der Waals surface area (Å²) < 4.78 is 5.46. The molecular weight excluding hydrogens is 176 g/mol. The molecule has 0 fully saturated rings. The second-order valence-electron chi connectivity index (χ2n) is 3.27. The molecule has 1 heterocycles. The van der Waals surface area contributed by atoms with E-state index in [0.29, 0.717) is 12.5 Å². The van der Waals surface area contributed by atoms with E-state index in [9.17, 15) is 0 Å². The molecule has 1 N–H and O–H groups in total. The van der Waals surface area contributed by atoms with Gasteiger partial charge in [-0.2, -0.15) is 0 Å². The number of pyridine rings is 1. The zero-order valence-corrected chi connectivity index (χ0v) is 8.92. The molecule has 0 saturated heterocycles. The fraction of sp³-hybridized carbons (Fsp3) is 0.545. The fourth-order valence-electron chi connectivity index (χ4n) is 1.12. The highest BCUT2D eigenvalue weighted by molar-refractivity contribution is 5.18. The third-order valence-electron chi connectivity index (χ3n) is 1.85. The topological polar surface area (TPSA) is 34.1 Å². The van der Waals surface area contributed by atoms with Crippen LogP contribution < -0.4 is 10.1 Å². The third-order valence-corrected chi connectivity index (χ3v) is 1.85. The first-order valence-corrected chi connectivity index (χ1v) is 5.09. The van der Waals surface area contributed by atoms with Crippen LogP contribution in [0.3, 0.4) is 0 Å². The molecular formula is C11H18N2O. The Morgan fingerprint density at radius 3 is 3.00 bits per heavy atom. The average molecular weight is 194 g/mol. The van der Waals surface area contributed by atoms with Gasteiger partial charge in [0.05, 0.1) is 0 Å². The Morgan fingerprint density at radius 1 is 1.43 bits per heavy atom. The summed E-state index contributed by atoms with van der Waals surface area (Å²) in [4.78, 5) is 4.11. The summed E-state index contributed by atoms with van der Waals surface area (Å²) in [6, 6.07) is 3.90. The van der Waals surface area contributed by atoms with E-state index in [1.165, 1.54) is 5.56 Å². The minimum absolute atomic E-state index is 0.677. The molecule has 0 aliphatic rings. The number of nitrogens with one attached hydrogen (secondary N) is 1.